The van der Waals surface area contributed by atoms with Crippen molar-refractivity contribution in [3.63, 3.8) is 0 Å². The van der Waals surface area contributed by atoms with Crippen molar-refractivity contribution in [1.29, 1.82) is 0 Å². The third kappa shape index (κ3) is 4.13. The van der Waals surface area contributed by atoms with Crippen LogP contribution in [-0.2, 0) is 0 Å². The van der Waals surface area contributed by atoms with Gasteiger partial charge in [-0.2, -0.15) is 0 Å². The van der Waals surface area contributed by atoms with E-state index < -0.39 is 0 Å². The molecule has 0 radical (unpaired) electrons. The number of benzene rings is 1. The van der Waals surface area contributed by atoms with Crippen molar-refractivity contribution in [2.45, 2.75) is 13.3 Å². The normalized spacial score (nSPS) is 18.4. The molecule has 0 bridgehead atoms. The number of nitrogens with one attached hydrogen (secondary N) is 2. The summed E-state index contributed by atoms with van der Waals surface area (Å²) in [5, 5.41) is 5.67. The van der Waals surface area contributed by atoms with E-state index in [9.17, 15) is 4.79 Å². The third-order valence-electron chi connectivity index (χ3n) is 3.35. The molecule has 0 aliphatic carbocycles. The zero-order valence-corrected chi connectivity index (χ0v) is 12.7. The van der Waals surface area contributed by atoms with Crippen LogP contribution in [0.2, 0.25) is 0 Å². The first kappa shape index (κ1) is 14.2. The van der Waals surface area contributed by atoms with Crippen LogP contribution >= 0.6 is 15.9 Å². The third-order valence-corrected chi connectivity index (χ3v) is 3.84. The molecule has 4 nitrogen and oxygen atoms in total. The van der Waals surface area contributed by atoms with Crippen LogP contribution in [0.1, 0.15) is 13.3 Å². The molecule has 1 atom stereocenters. The summed E-state index contributed by atoms with van der Waals surface area (Å²) in [7, 11) is 0. The lowest BCUT2D eigenvalue weighted by atomic mass is 10.1. The molecule has 2 rings (SSSR count). The Morgan fingerprint density at radius 2 is 2.32 bits per heavy atom. The Bertz CT molecular complexity index is 438. The van der Waals surface area contributed by atoms with Crippen molar-refractivity contribution in [1.82, 2.24) is 10.6 Å². The van der Waals surface area contributed by atoms with Crippen molar-refractivity contribution in [3.05, 3.63) is 28.7 Å². The fourth-order valence-electron chi connectivity index (χ4n) is 2.37. The van der Waals surface area contributed by atoms with Gasteiger partial charge in [0.25, 0.3) is 0 Å². The standard InChI is InChI=1S/C14H20BrN3O/c1-2-16-14(19)17-9-11-6-7-18(10-11)13-5-3-4-12(15)8-13/h3-5,8,11H,2,6-7,9-10H2,1H3,(H2,16,17,19). The van der Waals surface area contributed by atoms with Gasteiger partial charge in [-0.1, -0.05) is 22.0 Å². The molecular weight excluding hydrogens is 306 g/mol. The average molecular weight is 326 g/mol. The highest BCUT2D eigenvalue weighted by Crippen LogP contribution is 2.25. The van der Waals surface area contributed by atoms with Crippen molar-refractivity contribution in [3.8, 4) is 0 Å². The fourth-order valence-corrected chi connectivity index (χ4v) is 2.75. The van der Waals surface area contributed by atoms with Gasteiger partial charge in [-0.05, 0) is 37.5 Å². The zero-order chi connectivity index (χ0) is 13.7. The highest BCUT2D eigenvalue weighted by atomic mass is 79.9. The number of hydrogen-bond acceptors (Lipinski definition) is 2. The summed E-state index contributed by atoms with van der Waals surface area (Å²) in [5.74, 6) is 0.529. The van der Waals surface area contributed by atoms with Crippen molar-refractivity contribution in [2.75, 3.05) is 31.1 Å². The lowest BCUT2D eigenvalue weighted by Crippen LogP contribution is -2.38. The summed E-state index contributed by atoms with van der Waals surface area (Å²) in [4.78, 5) is 13.7. The Kier molecular flexibility index (Phi) is 5.07. The van der Waals surface area contributed by atoms with Crippen LogP contribution in [0.15, 0.2) is 28.7 Å². The molecule has 1 saturated heterocycles. The van der Waals surface area contributed by atoms with Crippen LogP contribution in [0.3, 0.4) is 0 Å². The van der Waals surface area contributed by atoms with E-state index in [1.807, 2.05) is 13.0 Å². The van der Waals surface area contributed by atoms with Gasteiger partial charge in [0.05, 0.1) is 0 Å². The lowest BCUT2D eigenvalue weighted by molar-refractivity contribution is 0.240. The number of nitrogens with zero attached hydrogens (tertiary/aromatic N) is 1. The summed E-state index contributed by atoms with van der Waals surface area (Å²) < 4.78 is 1.11. The number of hydrogen-bond donors (Lipinski definition) is 2. The highest BCUT2D eigenvalue weighted by molar-refractivity contribution is 9.10. The molecule has 0 spiro atoms. The molecule has 19 heavy (non-hydrogen) atoms. The molecule has 1 aliphatic rings. The first-order chi connectivity index (χ1) is 9.19. The van der Waals surface area contributed by atoms with E-state index in [4.69, 9.17) is 0 Å². The summed E-state index contributed by atoms with van der Waals surface area (Å²) >= 11 is 3.50. The zero-order valence-electron chi connectivity index (χ0n) is 11.2. The molecule has 1 aliphatic heterocycles. The monoisotopic (exact) mass is 325 g/mol. The van der Waals surface area contributed by atoms with E-state index in [1.54, 1.807) is 0 Å². The van der Waals surface area contributed by atoms with Crippen molar-refractivity contribution < 1.29 is 4.79 Å². The second kappa shape index (κ2) is 6.80. The van der Waals surface area contributed by atoms with Gasteiger partial charge in [-0.25, -0.2) is 4.79 Å². The number of amides is 2. The summed E-state index contributed by atoms with van der Waals surface area (Å²) in [6.07, 6.45) is 1.12. The van der Waals surface area contributed by atoms with Gasteiger partial charge in [0, 0.05) is 36.3 Å². The summed E-state index contributed by atoms with van der Waals surface area (Å²) in [6.45, 7) is 5.39. The Morgan fingerprint density at radius 1 is 1.47 bits per heavy atom. The van der Waals surface area contributed by atoms with Gasteiger partial charge in [0.2, 0.25) is 0 Å². The molecule has 0 saturated carbocycles. The molecule has 1 fully saturated rings. The quantitative estimate of drug-likeness (QED) is 0.893. The van der Waals surface area contributed by atoms with E-state index in [0.717, 1.165) is 30.5 Å². The molecular formula is C14H20BrN3O. The minimum absolute atomic E-state index is 0.0663. The molecule has 104 valence electrons. The smallest absolute Gasteiger partial charge is 0.314 e. The highest BCUT2D eigenvalue weighted by Gasteiger charge is 2.23. The number of carbonyl (C=O) groups excluding carboxylic acids is 1. The summed E-state index contributed by atoms with van der Waals surface area (Å²) in [6, 6.07) is 8.29. The molecule has 2 amide bonds. The predicted octanol–water partition coefficient (Wildman–Crippen LogP) is 2.59. The molecule has 1 aromatic carbocycles. The van der Waals surface area contributed by atoms with E-state index in [-0.39, 0.29) is 6.03 Å². The van der Waals surface area contributed by atoms with Gasteiger partial charge >= 0.3 is 6.03 Å². The average Bonchev–Trinajstić information content (AvgIpc) is 2.85. The maximum absolute atomic E-state index is 11.4. The Labute approximate surface area is 122 Å². The van der Waals surface area contributed by atoms with Crippen LogP contribution in [0.25, 0.3) is 0 Å². The number of halogens is 1. The number of rotatable bonds is 4. The van der Waals surface area contributed by atoms with Gasteiger partial charge in [0.1, 0.15) is 0 Å². The van der Waals surface area contributed by atoms with Crippen LogP contribution in [0, 0.1) is 5.92 Å². The van der Waals surface area contributed by atoms with Gasteiger partial charge < -0.3 is 15.5 Å². The maximum Gasteiger partial charge on any atom is 0.314 e. The van der Waals surface area contributed by atoms with Crippen molar-refractivity contribution >= 4 is 27.6 Å². The predicted molar refractivity (Wildman–Crippen MR) is 81.5 cm³/mol. The van der Waals surface area contributed by atoms with Gasteiger partial charge in [-0.3, -0.25) is 0 Å². The summed E-state index contributed by atoms with van der Waals surface area (Å²) in [5.41, 5.74) is 1.25. The topological polar surface area (TPSA) is 44.4 Å². The first-order valence-corrected chi connectivity index (χ1v) is 7.50. The minimum atomic E-state index is -0.0663. The number of urea groups is 1. The Morgan fingerprint density at radius 3 is 3.05 bits per heavy atom. The van der Waals surface area contributed by atoms with Gasteiger partial charge in [0.15, 0.2) is 0 Å². The molecule has 5 heteroatoms. The van der Waals surface area contributed by atoms with Crippen LogP contribution in [0.4, 0.5) is 10.5 Å². The molecule has 1 heterocycles. The molecule has 0 aromatic heterocycles. The molecule has 1 unspecified atom stereocenters. The van der Waals surface area contributed by atoms with Crippen LogP contribution in [0.5, 0.6) is 0 Å². The second-order valence-electron chi connectivity index (χ2n) is 4.82. The largest absolute Gasteiger partial charge is 0.371 e. The van der Waals surface area contributed by atoms with Crippen LogP contribution in [-0.4, -0.2) is 32.2 Å². The van der Waals surface area contributed by atoms with Crippen molar-refractivity contribution in [2.24, 2.45) is 5.92 Å². The first-order valence-electron chi connectivity index (χ1n) is 6.71. The van der Waals surface area contributed by atoms with E-state index in [1.165, 1.54) is 5.69 Å². The molecule has 1 aromatic rings. The Hall–Kier alpha value is -1.23. The maximum atomic E-state index is 11.4. The molecule has 2 N–H and O–H groups in total. The number of anilines is 1. The Balaban J connectivity index is 1.81. The lowest BCUT2D eigenvalue weighted by Gasteiger charge is -2.19. The van der Waals surface area contributed by atoms with E-state index in [2.05, 4.69) is 49.7 Å². The van der Waals surface area contributed by atoms with E-state index >= 15 is 0 Å². The minimum Gasteiger partial charge on any atom is -0.371 e. The second-order valence-corrected chi connectivity index (χ2v) is 5.74. The van der Waals surface area contributed by atoms with Crippen LogP contribution < -0.4 is 15.5 Å². The van der Waals surface area contributed by atoms with Gasteiger partial charge in [-0.15, -0.1) is 0 Å². The number of carbonyl (C=O) groups is 1. The van der Waals surface area contributed by atoms with E-state index in [0.29, 0.717) is 12.5 Å². The SMILES string of the molecule is CCNC(=O)NCC1CCN(c2cccc(Br)c2)C1. The fraction of sp³-hybridized carbons (Fsp3) is 0.500.